The number of nitrogens with one attached hydrogen (secondary N) is 1. The van der Waals surface area contributed by atoms with Crippen LogP contribution in [0.25, 0.3) is 0 Å². The zero-order valence-electron chi connectivity index (χ0n) is 26.4. The van der Waals surface area contributed by atoms with Gasteiger partial charge in [0.05, 0.1) is 12.1 Å². The molecule has 230 valence electrons. The lowest BCUT2D eigenvalue weighted by Crippen LogP contribution is -2.49. The molecular formula is C35H61NO3S. The smallest absolute Gasteiger partial charge is 0.220 e. The van der Waals surface area contributed by atoms with Crippen LogP contribution in [0.1, 0.15) is 150 Å². The van der Waals surface area contributed by atoms with E-state index in [-0.39, 0.29) is 24.2 Å². The fraction of sp³-hybridized carbons (Fsp3) is 0.800. The molecule has 1 aliphatic rings. The molecule has 0 bridgehead atoms. The third kappa shape index (κ3) is 15.8. The first-order valence-corrected chi connectivity index (χ1v) is 17.8. The van der Waals surface area contributed by atoms with E-state index < -0.39 is 5.79 Å². The van der Waals surface area contributed by atoms with Gasteiger partial charge in [-0.25, -0.2) is 0 Å². The van der Waals surface area contributed by atoms with Gasteiger partial charge in [0.1, 0.15) is 6.10 Å². The molecule has 0 spiro atoms. The SMILES string of the molecule is CCCCCCCCCCCCCC[C@H]1OC(C)(C)O[C@H]1[C@H](CSc1ccccc1)NC(=O)CCCCCCC. The number of amides is 1. The van der Waals surface area contributed by atoms with Gasteiger partial charge in [-0.2, -0.15) is 0 Å². The second kappa shape index (κ2) is 21.6. The molecule has 1 aliphatic heterocycles. The second-order valence-electron chi connectivity index (χ2n) is 12.3. The Labute approximate surface area is 251 Å². The van der Waals surface area contributed by atoms with Crippen LogP contribution in [0.5, 0.6) is 0 Å². The van der Waals surface area contributed by atoms with E-state index in [9.17, 15) is 4.79 Å². The van der Waals surface area contributed by atoms with Crippen molar-refractivity contribution < 1.29 is 14.3 Å². The predicted octanol–water partition coefficient (Wildman–Crippen LogP) is 10.2. The minimum atomic E-state index is -0.618. The van der Waals surface area contributed by atoms with Gasteiger partial charge in [-0.3, -0.25) is 4.79 Å². The Hall–Kier alpha value is -1.04. The minimum Gasteiger partial charge on any atom is -0.350 e. The number of rotatable bonds is 24. The van der Waals surface area contributed by atoms with Crippen LogP contribution >= 0.6 is 11.8 Å². The molecule has 0 aliphatic carbocycles. The predicted molar refractivity (Wildman–Crippen MR) is 172 cm³/mol. The van der Waals surface area contributed by atoms with Crippen LogP contribution < -0.4 is 5.32 Å². The summed E-state index contributed by atoms with van der Waals surface area (Å²) in [7, 11) is 0. The summed E-state index contributed by atoms with van der Waals surface area (Å²) in [5, 5.41) is 3.37. The highest BCUT2D eigenvalue weighted by atomic mass is 32.2. The van der Waals surface area contributed by atoms with E-state index in [0.29, 0.717) is 6.42 Å². The number of carbonyl (C=O) groups is 1. The molecule has 1 heterocycles. The van der Waals surface area contributed by atoms with Gasteiger partial charge in [-0.05, 0) is 38.8 Å². The maximum atomic E-state index is 13.0. The van der Waals surface area contributed by atoms with Gasteiger partial charge in [-0.1, -0.05) is 135 Å². The number of hydrogen-bond donors (Lipinski definition) is 1. The first-order valence-electron chi connectivity index (χ1n) is 16.8. The normalized spacial score (nSPS) is 19.1. The molecule has 5 heteroatoms. The maximum Gasteiger partial charge on any atom is 0.220 e. The van der Waals surface area contributed by atoms with Crippen molar-refractivity contribution in [3.05, 3.63) is 30.3 Å². The van der Waals surface area contributed by atoms with Crippen molar-refractivity contribution in [2.24, 2.45) is 0 Å². The summed E-state index contributed by atoms with van der Waals surface area (Å²) in [4.78, 5) is 14.2. The molecule has 0 saturated carbocycles. The number of ether oxygens (including phenoxy) is 2. The van der Waals surface area contributed by atoms with Gasteiger partial charge in [0.15, 0.2) is 5.79 Å². The average molecular weight is 576 g/mol. The fourth-order valence-electron chi connectivity index (χ4n) is 5.70. The highest BCUT2D eigenvalue weighted by Crippen LogP contribution is 2.34. The maximum absolute atomic E-state index is 13.0. The summed E-state index contributed by atoms with van der Waals surface area (Å²) >= 11 is 1.79. The van der Waals surface area contributed by atoms with Crippen molar-refractivity contribution >= 4 is 17.7 Å². The minimum absolute atomic E-state index is 0.0179. The lowest BCUT2D eigenvalue weighted by atomic mass is 9.99. The molecule has 0 aromatic heterocycles. The van der Waals surface area contributed by atoms with E-state index in [0.717, 1.165) is 31.4 Å². The van der Waals surface area contributed by atoms with Gasteiger partial charge in [0.2, 0.25) is 5.91 Å². The number of benzene rings is 1. The number of unbranched alkanes of at least 4 members (excludes halogenated alkanes) is 15. The molecule has 0 radical (unpaired) electrons. The Bertz CT molecular complexity index is 756. The van der Waals surface area contributed by atoms with E-state index >= 15 is 0 Å². The van der Waals surface area contributed by atoms with E-state index in [2.05, 4.69) is 43.4 Å². The van der Waals surface area contributed by atoms with E-state index in [1.165, 1.54) is 94.8 Å². The summed E-state index contributed by atoms with van der Waals surface area (Å²) in [5.74, 6) is 0.310. The van der Waals surface area contributed by atoms with Crippen molar-refractivity contribution in [3.8, 4) is 0 Å². The second-order valence-corrected chi connectivity index (χ2v) is 13.4. The summed E-state index contributed by atoms with van der Waals surface area (Å²) in [6.45, 7) is 8.53. The van der Waals surface area contributed by atoms with Crippen LogP contribution in [0.4, 0.5) is 0 Å². The zero-order chi connectivity index (χ0) is 28.9. The molecule has 1 saturated heterocycles. The molecule has 1 amide bonds. The standard InChI is InChI=1S/C35H61NO3S/c1-5-7-9-11-12-13-14-15-16-17-19-23-27-32-34(39-35(3,4)38-32)31(29-40-30-25-21-20-22-26-30)36-33(37)28-24-18-10-8-6-2/h20-22,25-26,31-32,34H,5-19,23-24,27-29H2,1-4H3,(H,36,37)/t31-,32+,34-/m0/s1. The molecule has 40 heavy (non-hydrogen) atoms. The van der Waals surface area contributed by atoms with Crippen molar-refractivity contribution in [1.82, 2.24) is 5.32 Å². The Kier molecular flexibility index (Phi) is 19.0. The molecule has 1 aromatic carbocycles. The number of thioether (sulfide) groups is 1. The highest BCUT2D eigenvalue weighted by Gasteiger charge is 2.45. The summed E-state index contributed by atoms with van der Waals surface area (Å²) in [6, 6.07) is 10.4. The Morgan fingerprint density at radius 2 is 1.30 bits per heavy atom. The van der Waals surface area contributed by atoms with Crippen molar-refractivity contribution in [1.29, 1.82) is 0 Å². The van der Waals surface area contributed by atoms with Gasteiger partial charge >= 0.3 is 0 Å². The van der Waals surface area contributed by atoms with Crippen molar-refractivity contribution in [2.75, 3.05) is 5.75 Å². The van der Waals surface area contributed by atoms with Crippen molar-refractivity contribution in [3.63, 3.8) is 0 Å². The Balaban J connectivity index is 1.81. The molecule has 4 nitrogen and oxygen atoms in total. The van der Waals surface area contributed by atoms with Gasteiger partial charge in [0, 0.05) is 17.1 Å². The summed E-state index contributed by atoms with van der Waals surface area (Å²) in [6.07, 6.45) is 23.4. The van der Waals surface area contributed by atoms with Gasteiger partial charge in [-0.15, -0.1) is 11.8 Å². The first kappa shape index (κ1) is 35.2. The molecule has 0 unspecified atom stereocenters. The van der Waals surface area contributed by atoms with E-state index in [4.69, 9.17) is 9.47 Å². The third-order valence-electron chi connectivity index (χ3n) is 7.99. The fourth-order valence-corrected chi connectivity index (χ4v) is 6.70. The van der Waals surface area contributed by atoms with Crippen LogP contribution in [-0.4, -0.2) is 35.7 Å². The average Bonchev–Trinajstić information content (AvgIpc) is 3.26. The zero-order valence-corrected chi connectivity index (χ0v) is 27.2. The third-order valence-corrected chi connectivity index (χ3v) is 9.12. The lowest BCUT2D eigenvalue weighted by molar-refractivity contribution is -0.149. The van der Waals surface area contributed by atoms with Crippen LogP contribution in [0.15, 0.2) is 35.2 Å². The molecule has 3 atom stereocenters. The summed E-state index contributed by atoms with van der Waals surface area (Å²) in [5.41, 5.74) is 0. The molecule has 1 fully saturated rings. The monoisotopic (exact) mass is 575 g/mol. The van der Waals surface area contributed by atoms with Gasteiger partial charge in [0.25, 0.3) is 0 Å². The number of carbonyl (C=O) groups excluding carboxylic acids is 1. The van der Waals surface area contributed by atoms with Crippen LogP contribution in [0.2, 0.25) is 0 Å². The quantitative estimate of drug-likeness (QED) is 0.0984. The molecule has 2 rings (SSSR count). The van der Waals surface area contributed by atoms with Crippen molar-refractivity contribution in [2.45, 2.75) is 179 Å². The molecule has 1 N–H and O–H groups in total. The summed E-state index contributed by atoms with van der Waals surface area (Å²) < 4.78 is 12.9. The molecular weight excluding hydrogens is 514 g/mol. The van der Waals surface area contributed by atoms with Gasteiger partial charge < -0.3 is 14.8 Å². The van der Waals surface area contributed by atoms with E-state index in [1.807, 2.05) is 19.9 Å². The Morgan fingerprint density at radius 3 is 1.88 bits per heavy atom. The first-order chi connectivity index (χ1) is 19.4. The lowest BCUT2D eigenvalue weighted by Gasteiger charge is -2.28. The van der Waals surface area contributed by atoms with Crippen LogP contribution in [-0.2, 0) is 14.3 Å². The van der Waals surface area contributed by atoms with Crippen LogP contribution in [0.3, 0.4) is 0 Å². The highest BCUT2D eigenvalue weighted by molar-refractivity contribution is 7.99. The van der Waals surface area contributed by atoms with Crippen LogP contribution in [0, 0.1) is 0 Å². The van der Waals surface area contributed by atoms with E-state index in [1.54, 1.807) is 11.8 Å². The topological polar surface area (TPSA) is 47.6 Å². The number of hydrogen-bond acceptors (Lipinski definition) is 4. The Morgan fingerprint density at radius 1 is 0.775 bits per heavy atom. The molecule has 1 aromatic rings. The largest absolute Gasteiger partial charge is 0.350 e.